The Hall–Kier alpha value is -1.22. The van der Waals surface area contributed by atoms with Gasteiger partial charge in [-0.3, -0.25) is 4.79 Å². The average Bonchev–Trinajstić information content (AvgIpc) is 2.17. The van der Waals surface area contributed by atoms with Crippen molar-refractivity contribution in [3.63, 3.8) is 0 Å². The Labute approximate surface area is 94.2 Å². The van der Waals surface area contributed by atoms with Crippen LogP contribution in [-0.4, -0.2) is 17.8 Å². The molecule has 1 rings (SSSR count). The molecule has 2 N–H and O–H groups in total. The highest BCUT2D eigenvalue weighted by Gasteiger charge is 2.15. The molecule has 15 heavy (non-hydrogen) atoms. The van der Waals surface area contributed by atoms with Gasteiger partial charge in [0.2, 0.25) is 0 Å². The number of nitrogens with two attached hydrogens (primary N) is 1. The maximum atomic E-state index is 11.6. The Balaban J connectivity index is 2.97. The van der Waals surface area contributed by atoms with Crippen LogP contribution in [0.4, 0.5) is 5.69 Å². The lowest BCUT2D eigenvalue weighted by Gasteiger charge is -2.08. The van der Waals surface area contributed by atoms with Crippen molar-refractivity contribution in [3.05, 3.63) is 23.8 Å². The number of rotatable bonds is 4. The highest BCUT2D eigenvalue weighted by molar-refractivity contribution is 6.34. The van der Waals surface area contributed by atoms with Crippen molar-refractivity contribution in [3.8, 4) is 5.75 Å². The number of anilines is 1. The monoisotopic (exact) mass is 227 g/mol. The highest BCUT2D eigenvalue weighted by Crippen LogP contribution is 2.22. The number of ether oxygens (including phenoxy) is 1. The molecule has 0 amide bonds. The van der Waals surface area contributed by atoms with Crippen molar-refractivity contribution >= 4 is 23.1 Å². The van der Waals surface area contributed by atoms with E-state index in [9.17, 15) is 4.79 Å². The van der Waals surface area contributed by atoms with E-state index in [4.69, 9.17) is 22.1 Å². The molecular weight excluding hydrogens is 214 g/mol. The van der Waals surface area contributed by atoms with Gasteiger partial charge in [-0.1, -0.05) is 0 Å². The molecule has 0 bridgehead atoms. The Kier molecular flexibility index (Phi) is 3.97. The van der Waals surface area contributed by atoms with Crippen LogP contribution in [0.25, 0.3) is 0 Å². The first kappa shape index (κ1) is 11.9. The fourth-order valence-electron chi connectivity index (χ4n) is 1.24. The van der Waals surface area contributed by atoms with E-state index in [1.54, 1.807) is 25.1 Å². The zero-order valence-corrected chi connectivity index (χ0v) is 9.54. The SMILES string of the molecule is CCOc1ccc(C(=O)C(C)Cl)c(N)c1. The number of Topliss-reactive ketones (excluding diaryl/α,β-unsaturated/α-hetero) is 1. The summed E-state index contributed by atoms with van der Waals surface area (Å²) in [5.41, 5.74) is 6.58. The van der Waals surface area contributed by atoms with Gasteiger partial charge in [0.25, 0.3) is 0 Å². The molecule has 1 aromatic carbocycles. The van der Waals surface area contributed by atoms with Gasteiger partial charge in [0.15, 0.2) is 5.78 Å². The van der Waals surface area contributed by atoms with Crippen LogP contribution in [0.3, 0.4) is 0 Å². The number of hydrogen-bond donors (Lipinski definition) is 1. The van der Waals surface area contributed by atoms with E-state index in [0.29, 0.717) is 23.6 Å². The second-order valence-electron chi connectivity index (χ2n) is 3.16. The van der Waals surface area contributed by atoms with Crippen molar-refractivity contribution in [1.82, 2.24) is 0 Å². The molecule has 0 radical (unpaired) electrons. The van der Waals surface area contributed by atoms with Gasteiger partial charge >= 0.3 is 0 Å². The minimum Gasteiger partial charge on any atom is -0.494 e. The largest absolute Gasteiger partial charge is 0.494 e. The molecule has 0 saturated heterocycles. The lowest BCUT2D eigenvalue weighted by Crippen LogP contribution is -2.12. The van der Waals surface area contributed by atoms with Crippen LogP contribution in [0.1, 0.15) is 24.2 Å². The number of benzene rings is 1. The zero-order valence-electron chi connectivity index (χ0n) is 8.79. The van der Waals surface area contributed by atoms with E-state index >= 15 is 0 Å². The number of ketones is 1. The molecule has 0 aliphatic heterocycles. The van der Waals surface area contributed by atoms with Gasteiger partial charge in [0.05, 0.1) is 12.0 Å². The molecule has 0 aromatic heterocycles. The minimum atomic E-state index is -0.565. The van der Waals surface area contributed by atoms with Gasteiger partial charge in [-0.25, -0.2) is 0 Å². The van der Waals surface area contributed by atoms with E-state index in [1.165, 1.54) is 0 Å². The fraction of sp³-hybridized carbons (Fsp3) is 0.364. The van der Waals surface area contributed by atoms with E-state index < -0.39 is 5.38 Å². The summed E-state index contributed by atoms with van der Waals surface area (Å²) in [6.45, 7) is 4.08. The summed E-state index contributed by atoms with van der Waals surface area (Å²) < 4.78 is 5.26. The van der Waals surface area contributed by atoms with Gasteiger partial charge in [-0.05, 0) is 26.0 Å². The van der Waals surface area contributed by atoms with Crippen molar-refractivity contribution in [2.24, 2.45) is 0 Å². The van der Waals surface area contributed by atoms with E-state index in [0.717, 1.165) is 0 Å². The maximum Gasteiger partial charge on any atom is 0.182 e. The van der Waals surface area contributed by atoms with Crippen LogP contribution in [0.15, 0.2) is 18.2 Å². The summed E-state index contributed by atoms with van der Waals surface area (Å²) >= 11 is 5.70. The Morgan fingerprint density at radius 1 is 1.60 bits per heavy atom. The molecule has 1 aromatic rings. The van der Waals surface area contributed by atoms with Crippen LogP contribution in [0, 0.1) is 0 Å². The summed E-state index contributed by atoms with van der Waals surface area (Å²) in [6.07, 6.45) is 0. The van der Waals surface area contributed by atoms with Crippen LogP contribution in [0.5, 0.6) is 5.75 Å². The standard InChI is InChI=1S/C11H14ClNO2/c1-3-15-8-4-5-9(10(13)6-8)11(14)7(2)12/h4-7H,3,13H2,1-2H3. The molecule has 82 valence electrons. The third kappa shape index (κ3) is 2.86. The fourth-order valence-corrected chi connectivity index (χ4v) is 1.35. The third-order valence-corrected chi connectivity index (χ3v) is 2.16. The van der Waals surface area contributed by atoms with Gasteiger partial charge in [-0.2, -0.15) is 0 Å². The summed E-state index contributed by atoms with van der Waals surface area (Å²) in [5, 5.41) is -0.565. The van der Waals surface area contributed by atoms with Gasteiger partial charge < -0.3 is 10.5 Å². The normalized spacial score (nSPS) is 12.2. The molecule has 4 heteroatoms. The van der Waals surface area contributed by atoms with Crippen LogP contribution < -0.4 is 10.5 Å². The van der Waals surface area contributed by atoms with Crippen molar-refractivity contribution < 1.29 is 9.53 Å². The molecule has 3 nitrogen and oxygen atoms in total. The molecule has 1 unspecified atom stereocenters. The lowest BCUT2D eigenvalue weighted by molar-refractivity contribution is 0.0992. The quantitative estimate of drug-likeness (QED) is 0.489. The second-order valence-corrected chi connectivity index (χ2v) is 3.82. The first-order valence-corrected chi connectivity index (χ1v) is 5.20. The summed E-state index contributed by atoms with van der Waals surface area (Å²) in [6, 6.07) is 4.99. The number of carbonyl (C=O) groups is 1. The Bertz CT molecular complexity index is 364. The zero-order chi connectivity index (χ0) is 11.4. The van der Waals surface area contributed by atoms with E-state index in [1.807, 2.05) is 6.92 Å². The van der Waals surface area contributed by atoms with Crippen LogP contribution in [0.2, 0.25) is 0 Å². The number of nitrogen functional groups attached to an aromatic ring is 1. The molecular formula is C11H14ClNO2. The van der Waals surface area contributed by atoms with Gasteiger partial charge in [0, 0.05) is 17.3 Å². The smallest absolute Gasteiger partial charge is 0.182 e. The Morgan fingerprint density at radius 3 is 2.73 bits per heavy atom. The lowest BCUT2D eigenvalue weighted by atomic mass is 10.1. The number of carbonyl (C=O) groups excluding carboxylic acids is 1. The predicted octanol–water partition coefficient (Wildman–Crippen LogP) is 2.48. The first-order valence-electron chi connectivity index (χ1n) is 4.76. The molecule has 0 saturated carbocycles. The summed E-state index contributed by atoms with van der Waals surface area (Å²) in [5.74, 6) is 0.492. The molecule has 1 atom stereocenters. The van der Waals surface area contributed by atoms with Crippen molar-refractivity contribution in [2.45, 2.75) is 19.2 Å². The van der Waals surface area contributed by atoms with Crippen molar-refractivity contribution in [2.75, 3.05) is 12.3 Å². The maximum absolute atomic E-state index is 11.6. The molecule has 0 fully saturated rings. The molecule has 0 heterocycles. The second kappa shape index (κ2) is 5.03. The Morgan fingerprint density at radius 2 is 2.27 bits per heavy atom. The van der Waals surface area contributed by atoms with Gasteiger partial charge in [0.1, 0.15) is 5.75 Å². The van der Waals surface area contributed by atoms with Crippen LogP contribution >= 0.6 is 11.6 Å². The molecule has 0 aliphatic rings. The van der Waals surface area contributed by atoms with Crippen LogP contribution in [-0.2, 0) is 0 Å². The summed E-state index contributed by atoms with van der Waals surface area (Å²) in [4.78, 5) is 11.6. The number of hydrogen-bond acceptors (Lipinski definition) is 3. The van der Waals surface area contributed by atoms with Gasteiger partial charge in [-0.15, -0.1) is 11.6 Å². The molecule has 0 aliphatic carbocycles. The van der Waals surface area contributed by atoms with E-state index in [-0.39, 0.29) is 5.78 Å². The third-order valence-electron chi connectivity index (χ3n) is 1.96. The first-order chi connectivity index (χ1) is 7.06. The minimum absolute atomic E-state index is 0.169. The number of halogens is 1. The topological polar surface area (TPSA) is 52.3 Å². The van der Waals surface area contributed by atoms with Crippen molar-refractivity contribution in [1.29, 1.82) is 0 Å². The highest BCUT2D eigenvalue weighted by atomic mass is 35.5. The number of alkyl halides is 1. The molecule has 0 spiro atoms. The van der Waals surface area contributed by atoms with E-state index in [2.05, 4.69) is 0 Å². The average molecular weight is 228 g/mol. The predicted molar refractivity (Wildman–Crippen MR) is 61.7 cm³/mol. The summed E-state index contributed by atoms with van der Waals surface area (Å²) in [7, 11) is 0.